The van der Waals surface area contributed by atoms with Crippen LogP contribution in [-0.4, -0.2) is 16.2 Å². The van der Waals surface area contributed by atoms with Crippen molar-refractivity contribution in [1.29, 1.82) is 0 Å². The van der Waals surface area contributed by atoms with Crippen LogP contribution in [0, 0.1) is 0 Å². The van der Waals surface area contributed by atoms with Crippen LogP contribution >= 0.6 is 0 Å². The fraction of sp³-hybridized carbons (Fsp3) is 0.357. The number of carboxylic acid groups (broad SMARTS) is 1. The quantitative estimate of drug-likeness (QED) is 0.854. The summed E-state index contributed by atoms with van der Waals surface area (Å²) in [6, 6.07) is 6.48. The van der Waals surface area contributed by atoms with Gasteiger partial charge >= 0.3 is 5.97 Å². The first-order chi connectivity index (χ1) is 8.58. The molecule has 1 fully saturated rings. The SMILES string of the molecule is O=C(O)c1ccc2oc(C3(O)CCCC3)cc2c1. The number of benzene rings is 1. The highest BCUT2D eigenvalue weighted by Gasteiger charge is 2.36. The Hall–Kier alpha value is -1.81. The summed E-state index contributed by atoms with van der Waals surface area (Å²) in [7, 11) is 0. The zero-order chi connectivity index (χ0) is 12.8. The minimum absolute atomic E-state index is 0.230. The monoisotopic (exact) mass is 246 g/mol. The van der Waals surface area contributed by atoms with Crippen LogP contribution in [0.25, 0.3) is 11.0 Å². The Kier molecular flexibility index (Phi) is 2.41. The van der Waals surface area contributed by atoms with Crippen LogP contribution in [0.5, 0.6) is 0 Å². The van der Waals surface area contributed by atoms with Crippen molar-refractivity contribution in [3.05, 3.63) is 35.6 Å². The molecule has 4 heteroatoms. The van der Waals surface area contributed by atoms with Crippen LogP contribution < -0.4 is 0 Å². The van der Waals surface area contributed by atoms with Crippen LogP contribution in [-0.2, 0) is 5.60 Å². The molecule has 0 saturated heterocycles. The van der Waals surface area contributed by atoms with Gasteiger partial charge in [0.2, 0.25) is 0 Å². The van der Waals surface area contributed by atoms with E-state index in [-0.39, 0.29) is 5.56 Å². The van der Waals surface area contributed by atoms with Crippen molar-refractivity contribution in [3.63, 3.8) is 0 Å². The van der Waals surface area contributed by atoms with E-state index in [9.17, 15) is 9.90 Å². The summed E-state index contributed by atoms with van der Waals surface area (Å²) in [5, 5.41) is 20.1. The Balaban J connectivity index is 2.08. The van der Waals surface area contributed by atoms with E-state index in [1.54, 1.807) is 18.2 Å². The normalized spacial score (nSPS) is 18.3. The van der Waals surface area contributed by atoms with Crippen molar-refractivity contribution in [3.8, 4) is 0 Å². The average molecular weight is 246 g/mol. The second-order valence-electron chi connectivity index (χ2n) is 4.91. The minimum Gasteiger partial charge on any atom is -0.478 e. The molecule has 18 heavy (non-hydrogen) atoms. The van der Waals surface area contributed by atoms with E-state index in [1.165, 1.54) is 6.07 Å². The fourth-order valence-corrected chi connectivity index (χ4v) is 2.61. The van der Waals surface area contributed by atoms with E-state index < -0.39 is 11.6 Å². The standard InChI is InChI=1S/C14H14O4/c15-13(16)9-3-4-11-10(7-9)8-12(18-11)14(17)5-1-2-6-14/h3-4,7-8,17H,1-2,5-6H2,(H,15,16). The molecule has 0 aliphatic heterocycles. The molecule has 1 saturated carbocycles. The molecule has 0 amide bonds. The summed E-state index contributed by atoms with van der Waals surface area (Å²) in [5.74, 6) is -0.406. The highest BCUT2D eigenvalue weighted by atomic mass is 16.4. The Labute approximate surface area is 104 Å². The molecule has 0 atom stereocenters. The summed E-state index contributed by atoms with van der Waals surface area (Å²) in [6.07, 6.45) is 3.40. The number of fused-ring (bicyclic) bond motifs is 1. The van der Waals surface area contributed by atoms with Crippen molar-refractivity contribution in [2.75, 3.05) is 0 Å². The molecule has 1 aromatic carbocycles. The second-order valence-corrected chi connectivity index (χ2v) is 4.91. The second kappa shape index (κ2) is 3.85. The van der Waals surface area contributed by atoms with Gasteiger partial charge in [0.05, 0.1) is 5.56 Å². The van der Waals surface area contributed by atoms with Gasteiger partial charge in [-0.05, 0) is 49.9 Å². The summed E-state index contributed by atoms with van der Waals surface area (Å²) >= 11 is 0. The number of hydrogen-bond donors (Lipinski definition) is 2. The molecule has 0 radical (unpaired) electrons. The molecule has 3 rings (SSSR count). The van der Waals surface area contributed by atoms with Gasteiger partial charge in [-0.3, -0.25) is 0 Å². The maximum atomic E-state index is 10.9. The molecular weight excluding hydrogens is 232 g/mol. The van der Waals surface area contributed by atoms with Crippen molar-refractivity contribution in [2.45, 2.75) is 31.3 Å². The Morgan fingerprint density at radius 3 is 2.61 bits per heavy atom. The predicted molar refractivity (Wildman–Crippen MR) is 65.5 cm³/mol. The lowest BCUT2D eigenvalue weighted by atomic mass is 9.99. The maximum Gasteiger partial charge on any atom is 0.335 e. The molecule has 1 aliphatic carbocycles. The molecule has 0 unspecified atom stereocenters. The van der Waals surface area contributed by atoms with Gasteiger partial charge in [0.15, 0.2) is 0 Å². The molecule has 94 valence electrons. The van der Waals surface area contributed by atoms with Crippen LogP contribution in [0.4, 0.5) is 0 Å². The van der Waals surface area contributed by atoms with E-state index in [2.05, 4.69) is 0 Å². The Morgan fingerprint density at radius 1 is 1.22 bits per heavy atom. The van der Waals surface area contributed by atoms with Gasteiger partial charge in [-0.2, -0.15) is 0 Å². The zero-order valence-electron chi connectivity index (χ0n) is 9.85. The highest BCUT2D eigenvalue weighted by molar-refractivity contribution is 5.93. The molecule has 1 aliphatic rings. The van der Waals surface area contributed by atoms with Crippen molar-refractivity contribution in [2.24, 2.45) is 0 Å². The maximum absolute atomic E-state index is 10.9. The average Bonchev–Trinajstić information content (AvgIpc) is 2.94. The van der Waals surface area contributed by atoms with E-state index in [4.69, 9.17) is 9.52 Å². The van der Waals surface area contributed by atoms with Crippen LogP contribution in [0.3, 0.4) is 0 Å². The first-order valence-corrected chi connectivity index (χ1v) is 6.08. The number of rotatable bonds is 2. The van der Waals surface area contributed by atoms with E-state index in [1.807, 2.05) is 0 Å². The van der Waals surface area contributed by atoms with Crippen LogP contribution in [0.15, 0.2) is 28.7 Å². The molecule has 1 heterocycles. The number of furan rings is 1. The van der Waals surface area contributed by atoms with Crippen molar-refractivity contribution >= 4 is 16.9 Å². The number of hydrogen-bond acceptors (Lipinski definition) is 3. The molecule has 2 aromatic rings. The molecule has 4 nitrogen and oxygen atoms in total. The van der Waals surface area contributed by atoms with Crippen LogP contribution in [0.1, 0.15) is 41.8 Å². The van der Waals surface area contributed by atoms with Gasteiger partial charge in [0, 0.05) is 5.39 Å². The fourth-order valence-electron chi connectivity index (χ4n) is 2.61. The smallest absolute Gasteiger partial charge is 0.335 e. The number of carboxylic acids is 1. The Bertz CT molecular complexity index is 605. The summed E-state index contributed by atoms with van der Waals surface area (Å²) in [4.78, 5) is 10.9. The molecular formula is C14H14O4. The highest BCUT2D eigenvalue weighted by Crippen LogP contribution is 2.40. The van der Waals surface area contributed by atoms with Gasteiger partial charge in [-0.15, -0.1) is 0 Å². The lowest BCUT2D eigenvalue weighted by Crippen LogP contribution is -2.19. The predicted octanol–water partition coefficient (Wildman–Crippen LogP) is 2.89. The third-order valence-electron chi connectivity index (χ3n) is 3.65. The molecule has 1 aromatic heterocycles. The van der Waals surface area contributed by atoms with Gasteiger partial charge in [-0.1, -0.05) is 0 Å². The topological polar surface area (TPSA) is 70.7 Å². The largest absolute Gasteiger partial charge is 0.478 e. The van der Waals surface area contributed by atoms with Crippen molar-refractivity contribution < 1.29 is 19.4 Å². The minimum atomic E-state index is -0.959. The first kappa shape index (κ1) is 11.3. The van der Waals surface area contributed by atoms with Gasteiger partial charge < -0.3 is 14.6 Å². The van der Waals surface area contributed by atoms with Crippen molar-refractivity contribution in [1.82, 2.24) is 0 Å². The molecule has 2 N–H and O–H groups in total. The molecule has 0 bridgehead atoms. The Morgan fingerprint density at radius 2 is 1.94 bits per heavy atom. The van der Waals surface area contributed by atoms with Gasteiger partial charge in [0.1, 0.15) is 16.9 Å². The number of aromatic carboxylic acids is 1. The summed E-state index contributed by atoms with van der Waals surface area (Å²) < 4.78 is 5.65. The first-order valence-electron chi connectivity index (χ1n) is 6.08. The van der Waals surface area contributed by atoms with Gasteiger partial charge in [0.25, 0.3) is 0 Å². The molecule has 0 spiro atoms. The van der Waals surface area contributed by atoms with E-state index in [0.29, 0.717) is 24.2 Å². The third-order valence-corrected chi connectivity index (χ3v) is 3.65. The van der Waals surface area contributed by atoms with Crippen LogP contribution in [0.2, 0.25) is 0 Å². The third kappa shape index (κ3) is 1.69. The number of carbonyl (C=O) groups is 1. The summed E-state index contributed by atoms with van der Waals surface area (Å²) in [6.45, 7) is 0. The summed E-state index contributed by atoms with van der Waals surface area (Å²) in [5.41, 5.74) is -0.0221. The van der Waals surface area contributed by atoms with E-state index >= 15 is 0 Å². The lowest BCUT2D eigenvalue weighted by Gasteiger charge is -2.18. The number of aliphatic hydroxyl groups is 1. The zero-order valence-corrected chi connectivity index (χ0v) is 9.85. The van der Waals surface area contributed by atoms with E-state index in [0.717, 1.165) is 18.2 Å². The lowest BCUT2D eigenvalue weighted by molar-refractivity contribution is 0.0235. The van der Waals surface area contributed by atoms with Gasteiger partial charge in [-0.25, -0.2) is 4.79 Å².